The Balaban J connectivity index is 1.14. The molecule has 10 aromatic carbocycles. The van der Waals surface area contributed by atoms with Crippen molar-refractivity contribution in [3.8, 4) is 5.69 Å². The maximum atomic E-state index is 2.42. The number of fused-ring (bicyclic) bond motifs is 4. The molecule has 0 unspecified atom stereocenters. The van der Waals surface area contributed by atoms with E-state index in [1.807, 2.05) is 0 Å². The second kappa shape index (κ2) is 16.0. The van der Waals surface area contributed by atoms with Gasteiger partial charge in [0.25, 0.3) is 0 Å². The first kappa shape index (κ1) is 36.7. The molecule has 0 amide bonds. The fourth-order valence-corrected chi connectivity index (χ4v) is 8.88. The van der Waals surface area contributed by atoms with Crippen molar-refractivity contribution in [2.45, 2.75) is 0 Å². The Morgan fingerprint density at radius 1 is 0.226 bits per heavy atom. The lowest BCUT2D eigenvalue weighted by Gasteiger charge is -2.31. The molecule has 0 saturated heterocycles. The summed E-state index contributed by atoms with van der Waals surface area (Å²) in [5.41, 5.74) is 13.0. The summed E-state index contributed by atoms with van der Waals surface area (Å²) in [6, 6.07) is 91.3. The van der Waals surface area contributed by atoms with Crippen molar-refractivity contribution in [2.75, 3.05) is 14.7 Å². The summed E-state index contributed by atoms with van der Waals surface area (Å²) in [6.45, 7) is 0. The van der Waals surface area contributed by atoms with Crippen LogP contribution in [0.3, 0.4) is 0 Å². The molecule has 0 N–H and O–H groups in total. The number of nitrogens with zero attached hydrogens (tertiary/aromatic N) is 4. The minimum Gasteiger partial charge on any atom is -0.310 e. The van der Waals surface area contributed by atoms with Gasteiger partial charge >= 0.3 is 0 Å². The molecule has 1 heterocycles. The Hall–Kier alpha value is -8.34. The number of rotatable bonds is 10. The van der Waals surface area contributed by atoms with Crippen LogP contribution < -0.4 is 14.7 Å². The second-order valence-electron chi connectivity index (χ2n) is 15.5. The quantitative estimate of drug-likeness (QED) is 0.137. The highest BCUT2D eigenvalue weighted by atomic mass is 15.2. The number of hydrogen-bond acceptors (Lipinski definition) is 3. The van der Waals surface area contributed by atoms with Crippen molar-refractivity contribution in [3.05, 3.63) is 255 Å². The fourth-order valence-electron chi connectivity index (χ4n) is 8.88. The van der Waals surface area contributed by atoms with E-state index in [1.54, 1.807) is 0 Å². The Kier molecular flexibility index (Phi) is 9.49. The molecule has 0 atom stereocenters. The number of anilines is 9. The van der Waals surface area contributed by atoms with E-state index in [4.69, 9.17) is 0 Å². The average molecular weight is 795 g/mol. The predicted molar refractivity (Wildman–Crippen MR) is 262 cm³/mol. The van der Waals surface area contributed by atoms with Crippen molar-refractivity contribution in [1.29, 1.82) is 0 Å². The van der Waals surface area contributed by atoms with Crippen molar-refractivity contribution < 1.29 is 0 Å². The minimum absolute atomic E-state index is 1.04. The summed E-state index contributed by atoms with van der Waals surface area (Å²) in [5, 5.41) is 4.87. The Morgan fingerprint density at radius 2 is 0.613 bits per heavy atom. The normalized spacial score (nSPS) is 11.2. The van der Waals surface area contributed by atoms with Crippen LogP contribution in [0.15, 0.2) is 255 Å². The van der Waals surface area contributed by atoms with Gasteiger partial charge in [-0.1, -0.05) is 140 Å². The van der Waals surface area contributed by atoms with Crippen LogP contribution in [0.1, 0.15) is 0 Å². The van der Waals surface area contributed by atoms with Gasteiger partial charge in [0.05, 0.1) is 11.0 Å². The van der Waals surface area contributed by atoms with Gasteiger partial charge in [-0.3, -0.25) is 0 Å². The molecule has 62 heavy (non-hydrogen) atoms. The third kappa shape index (κ3) is 6.80. The van der Waals surface area contributed by atoms with Gasteiger partial charge in [-0.25, -0.2) is 0 Å². The topological polar surface area (TPSA) is 14.7 Å². The molecule has 0 saturated carbocycles. The first-order chi connectivity index (χ1) is 30.8. The van der Waals surface area contributed by atoms with E-state index in [0.717, 1.165) is 62.4 Å². The third-order valence-electron chi connectivity index (χ3n) is 11.7. The lowest BCUT2D eigenvalue weighted by molar-refractivity contribution is 1.18. The van der Waals surface area contributed by atoms with Crippen molar-refractivity contribution in [2.24, 2.45) is 0 Å². The zero-order valence-electron chi connectivity index (χ0n) is 34.0. The van der Waals surface area contributed by atoms with E-state index < -0.39 is 0 Å². The van der Waals surface area contributed by atoms with E-state index >= 15 is 0 Å². The van der Waals surface area contributed by atoms with E-state index in [1.165, 1.54) is 27.1 Å². The van der Waals surface area contributed by atoms with Gasteiger partial charge < -0.3 is 19.3 Å². The molecule has 294 valence electrons. The van der Waals surface area contributed by atoms with Crippen LogP contribution in [0.5, 0.6) is 0 Å². The number of benzene rings is 10. The van der Waals surface area contributed by atoms with Gasteiger partial charge in [-0.15, -0.1) is 0 Å². The van der Waals surface area contributed by atoms with Crippen molar-refractivity contribution in [3.63, 3.8) is 0 Å². The summed E-state index contributed by atoms with van der Waals surface area (Å²) in [4.78, 5) is 7.05. The maximum absolute atomic E-state index is 2.42. The zero-order valence-corrected chi connectivity index (χ0v) is 34.0. The van der Waals surface area contributed by atoms with Crippen LogP contribution in [0.4, 0.5) is 51.2 Å². The molecule has 0 fully saturated rings. The molecule has 1 aromatic heterocycles. The summed E-state index contributed by atoms with van der Waals surface area (Å²) < 4.78 is 2.42. The molecule has 0 spiro atoms. The first-order valence-electron chi connectivity index (χ1n) is 21.1. The van der Waals surface area contributed by atoms with Crippen LogP contribution in [0.2, 0.25) is 0 Å². The van der Waals surface area contributed by atoms with E-state index in [-0.39, 0.29) is 0 Å². The average Bonchev–Trinajstić information content (AvgIpc) is 3.67. The number of hydrogen-bond donors (Lipinski definition) is 0. The van der Waals surface area contributed by atoms with Crippen LogP contribution in [-0.2, 0) is 0 Å². The predicted octanol–water partition coefficient (Wildman–Crippen LogP) is 16.3. The molecule has 0 aliphatic heterocycles. The molecule has 0 aliphatic rings. The number of para-hydroxylation sites is 5. The molecule has 11 rings (SSSR count). The molecule has 4 nitrogen and oxygen atoms in total. The zero-order chi connectivity index (χ0) is 41.2. The van der Waals surface area contributed by atoms with Gasteiger partial charge in [-0.05, 0) is 126 Å². The SMILES string of the molecule is c1ccc(N(c2ccccc2)c2cccc(N(c3cccc(N(c4ccccc4)c4ccccc4)c3)c3ccc4c5ccccc5n(-c5ccc6ccccc6c5)c4c3)c2)cc1. The minimum atomic E-state index is 1.04. The standard InChI is InChI=1S/C58H42N4/c1-5-21-45(22-6-1)59(46-23-7-2-8-24-46)49-29-17-31-51(40-49)61(52-32-18-30-50(41-52)60(47-25-9-3-10-26-47)48-27-11-4-12-28-48)54-37-38-56-55-33-15-16-34-57(55)62(58(56)42-54)53-36-35-43-19-13-14-20-44(43)39-53/h1-42H. The van der Waals surface area contributed by atoms with Gasteiger partial charge in [-0.2, -0.15) is 0 Å². The maximum Gasteiger partial charge on any atom is 0.0561 e. The van der Waals surface area contributed by atoms with E-state index in [0.29, 0.717) is 0 Å². The van der Waals surface area contributed by atoms with Gasteiger partial charge in [0.15, 0.2) is 0 Å². The van der Waals surface area contributed by atoms with Crippen LogP contribution in [0, 0.1) is 0 Å². The lowest BCUT2D eigenvalue weighted by Crippen LogP contribution is -2.14. The third-order valence-corrected chi connectivity index (χ3v) is 11.7. The van der Waals surface area contributed by atoms with Crippen LogP contribution >= 0.6 is 0 Å². The molecule has 11 aromatic rings. The highest BCUT2D eigenvalue weighted by Gasteiger charge is 2.21. The summed E-state index contributed by atoms with van der Waals surface area (Å²) >= 11 is 0. The summed E-state index contributed by atoms with van der Waals surface area (Å²) in [5.74, 6) is 0. The molecular weight excluding hydrogens is 753 g/mol. The molecule has 4 heteroatoms. The monoisotopic (exact) mass is 794 g/mol. The first-order valence-corrected chi connectivity index (χ1v) is 21.1. The van der Waals surface area contributed by atoms with Crippen molar-refractivity contribution in [1.82, 2.24) is 4.57 Å². The summed E-state index contributed by atoms with van der Waals surface area (Å²) in [7, 11) is 0. The molecule has 0 aliphatic carbocycles. The van der Waals surface area contributed by atoms with Gasteiger partial charge in [0, 0.05) is 67.6 Å². The highest BCUT2D eigenvalue weighted by Crippen LogP contribution is 2.44. The van der Waals surface area contributed by atoms with E-state index in [2.05, 4.69) is 274 Å². The fraction of sp³-hybridized carbons (Fsp3) is 0. The Labute approximate surface area is 362 Å². The van der Waals surface area contributed by atoms with Crippen molar-refractivity contribution >= 4 is 83.8 Å². The smallest absolute Gasteiger partial charge is 0.0561 e. The van der Waals surface area contributed by atoms with Crippen LogP contribution in [0.25, 0.3) is 38.3 Å². The summed E-state index contributed by atoms with van der Waals surface area (Å²) in [6.07, 6.45) is 0. The van der Waals surface area contributed by atoms with Crippen LogP contribution in [-0.4, -0.2) is 4.57 Å². The lowest BCUT2D eigenvalue weighted by atomic mass is 10.1. The molecular formula is C58H42N4. The largest absolute Gasteiger partial charge is 0.310 e. The van der Waals surface area contributed by atoms with Gasteiger partial charge in [0.2, 0.25) is 0 Å². The van der Waals surface area contributed by atoms with E-state index in [9.17, 15) is 0 Å². The number of aromatic nitrogens is 1. The Morgan fingerprint density at radius 3 is 1.13 bits per heavy atom. The second-order valence-corrected chi connectivity index (χ2v) is 15.5. The highest BCUT2D eigenvalue weighted by molar-refractivity contribution is 6.10. The molecule has 0 bridgehead atoms. The Bertz CT molecular complexity index is 3100. The van der Waals surface area contributed by atoms with Gasteiger partial charge in [0.1, 0.15) is 0 Å². The molecule has 0 radical (unpaired) electrons.